The predicted molar refractivity (Wildman–Crippen MR) is 127 cm³/mol. The lowest BCUT2D eigenvalue weighted by atomic mass is 9.83. The third kappa shape index (κ3) is 4.04. The lowest BCUT2D eigenvalue weighted by molar-refractivity contribution is -0.120. The molecule has 0 spiro atoms. The summed E-state index contributed by atoms with van der Waals surface area (Å²) in [6.07, 6.45) is 5.85. The van der Waals surface area contributed by atoms with E-state index in [1.54, 1.807) is 44.9 Å². The Bertz CT molecular complexity index is 1140. The highest BCUT2D eigenvalue weighted by molar-refractivity contribution is 5.94. The largest absolute Gasteiger partial charge is 0.493 e. The second kappa shape index (κ2) is 8.97. The van der Waals surface area contributed by atoms with E-state index in [9.17, 15) is 4.79 Å². The number of benzene rings is 2. The average Bonchev–Trinajstić information content (AvgIpc) is 2.88. The second-order valence-electron chi connectivity index (χ2n) is 8.27. The van der Waals surface area contributed by atoms with Gasteiger partial charge in [0.25, 0.3) is 0 Å². The van der Waals surface area contributed by atoms with Crippen molar-refractivity contribution < 1.29 is 14.3 Å². The zero-order valence-corrected chi connectivity index (χ0v) is 18.8. The normalized spacial score (nSPS) is 19.3. The van der Waals surface area contributed by atoms with Gasteiger partial charge in [-0.1, -0.05) is 18.2 Å². The van der Waals surface area contributed by atoms with Crippen LogP contribution in [0.2, 0.25) is 0 Å². The molecule has 0 aliphatic carbocycles. The standard InChI is InChI=1S/C25H27N5O3/c1-32-22-8-7-18(14-23(22)33-2)28-25(31)19-13-17-5-3-4-6-20(17)30-12-11-29(16-21(19)30)24-15-26-9-10-27-24/h3-10,14-15,19,21H,11-13,16H2,1-2H3,(H,28,31). The molecule has 8 heteroatoms. The van der Waals surface area contributed by atoms with E-state index in [0.717, 1.165) is 18.9 Å². The van der Waals surface area contributed by atoms with Gasteiger partial charge in [-0.2, -0.15) is 0 Å². The summed E-state index contributed by atoms with van der Waals surface area (Å²) in [5.74, 6) is 1.83. The van der Waals surface area contributed by atoms with E-state index >= 15 is 0 Å². The van der Waals surface area contributed by atoms with E-state index in [-0.39, 0.29) is 17.9 Å². The molecule has 1 fully saturated rings. The van der Waals surface area contributed by atoms with Crippen LogP contribution in [0.1, 0.15) is 5.56 Å². The number of aromatic nitrogens is 2. The van der Waals surface area contributed by atoms with Crippen LogP contribution in [0.15, 0.2) is 61.1 Å². The van der Waals surface area contributed by atoms with Crippen molar-refractivity contribution in [2.24, 2.45) is 5.92 Å². The molecule has 1 saturated heterocycles. The first-order valence-electron chi connectivity index (χ1n) is 11.1. The lowest BCUT2D eigenvalue weighted by Gasteiger charge is -2.49. The molecule has 5 rings (SSSR count). The first-order valence-corrected chi connectivity index (χ1v) is 11.1. The van der Waals surface area contributed by atoms with Gasteiger partial charge in [-0.25, -0.2) is 4.98 Å². The van der Waals surface area contributed by atoms with Crippen LogP contribution < -0.4 is 24.6 Å². The number of ether oxygens (including phenoxy) is 2. The van der Waals surface area contributed by atoms with E-state index in [4.69, 9.17) is 9.47 Å². The fraction of sp³-hybridized carbons (Fsp3) is 0.320. The molecule has 2 aliphatic heterocycles. The number of methoxy groups -OCH3 is 2. The minimum atomic E-state index is -0.215. The van der Waals surface area contributed by atoms with Gasteiger partial charge >= 0.3 is 0 Å². The Morgan fingerprint density at radius 2 is 1.91 bits per heavy atom. The van der Waals surface area contributed by atoms with E-state index in [2.05, 4.69) is 43.3 Å². The Morgan fingerprint density at radius 1 is 1.06 bits per heavy atom. The van der Waals surface area contributed by atoms with Crippen LogP contribution in [0.4, 0.5) is 17.2 Å². The third-order valence-electron chi connectivity index (χ3n) is 6.49. The fourth-order valence-electron chi connectivity index (χ4n) is 4.87. The molecule has 2 unspecified atom stereocenters. The van der Waals surface area contributed by atoms with E-state index < -0.39 is 0 Å². The molecule has 170 valence electrons. The number of carbonyl (C=O) groups excluding carboxylic acids is 1. The number of hydrogen-bond donors (Lipinski definition) is 1. The van der Waals surface area contributed by atoms with Crippen molar-refractivity contribution in [3.63, 3.8) is 0 Å². The number of rotatable bonds is 5. The van der Waals surface area contributed by atoms with Crippen LogP contribution in [0.5, 0.6) is 11.5 Å². The zero-order valence-electron chi connectivity index (χ0n) is 18.8. The van der Waals surface area contributed by atoms with Crippen LogP contribution >= 0.6 is 0 Å². The minimum Gasteiger partial charge on any atom is -0.493 e. The highest BCUT2D eigenvalue weighted by Crippen LogP contribution is 2.37. The number of nitrogens with zero attached hydrogens (tertiary/aromatic N) is 4. The van der Waals surface area contributed by atoms with Crippen LogP contribution in [0.3, 0.4) is 0 Å². The lowest BCUT2D eigenvalue weighted by Crippen LogP contribution is -2.60. The molecule has 2 aromatic carbocycles. The van der Waals surface area contributed by atoms with E-state index in [1.807, 2.05) is 12.1 Å². The summed E-state index contributed by atoms with van der Waals surface area (Å²) in [7, 11) is 3.18. The van der Waals surface area contributed by atoms with Crippen LogP contribution in [0.25, 0.3) is 0 Å². The number of nitrogens with one attached hydrogen (secondary N) is 1. The summed E-state index contributed by atoms with van der Waals surface area (Å²) in [4.78, 5) is 26.9. The Hall–Kier alpha value is -3.81. The molecule has 0 saturated carbocycles. The van der Waals surface area contributed by atoms with Gasteiger partial charge in [0, 0.05) is 49.5 Å². The fourth-order valence-corrected chi connectivity index (χ4v) is 4.87. The summed E-state index contributed by atoms with van der Waals surface area (Å²) in [5, 5.41) is 3.11. The van der Waals surface area contributed by atoms with Crippen molar-refractivity contribution in [1.29, 1.82) is 0 Å². The summed E-state index contributed by atoms with van der Waals surface area (Å²) in [5.41, 5.74) is 3.11. The second-order valence-corrected chi connectivity index (χ2v) is 8.27. The number of piperazine rings is 1. The number of hydrogen-bond acceptors (Lipinski definition) is 7. The molecule has 2 atom stereocenters. The van der Waals surface area contributed by atoms with Crippen LogP contribution in [-0.4, -0.2) is 55.8 Å². The first kappa shape index (κ1) is 21.1. The Kier molecular flexibility index (Phi) is 5.73. The highest BCUT2D eigenvalue weighted by atomic mass is 16.5. The minimum absolute atomic E-state index is 0.00674. The SMILES string of the molecule is COc1ccc(NC(=O)C2Cc3ccccc3N3CCN(c4cnccn4)CC23)cc1OC. The molecule has 0 bridgehead atoms. The van der Waals surface area contributed by atoms with Gasteiger partial charge in [0.05, 0.1) is 32.4 Å². The van der Waals surface area contributed by atoms with Gasteiger partial charge in [0.2, 0.25) is 5.91 Å². The van der Waals surface area contributed by atoms with Gasteiger partial charge in [-0.3, -0.25) is 9.78 Å². The Labute approximate surface area is 193 Å². The van der Waals surface area contributed by atoms with Crippen LogP contribution in [0, 0.1) is 5.92 Å². The van der Waals surface area contributed by atoms with Crippen molar-refractivity contribution in [3.05, 3.63) is 66.6 Å². The summed E-state index contributed by atoms with van der Waals surface area (Å²) < 4.78 is 10.7. The van der Waals surface area contributed by atoms with Crippen molar-refractivity contribution >= 4 is 23.1 Å². The average molecular weight is 446 g/mol. The zero-order chi connectivity index (χ0) is 22.8. The van der Waals surface area contributed by atoms with Gasteiger partial charge in [-0.15, -0.1) is 0 Å². The van der Waals surface area contributed by atoms with Crippen molar-refractivity contribution in [2.45, 2.75) is 12.5 Å². The summed E-state index contributed by atoms with van der Waals surface area (Å²) in [6, 6.07) is 13.8. The maximum Gasteiger partial charge on any atom is 0.229 e. The molecule has 0 radical (unpaired) electrons. The third-order valence-corrected chi connectivity index (χ3v) is 6.49. The molecule has 8 nitrogen and oxygen atoms in total. The first-order chi connectivity index (χ1) is 16.2. The molecule has 33 heavy (non-hydrogen) atoms. The number of fused-ring (bicyclic) bond motifs is 3. The maximum atomic E-state index is 13.6. The van der Waals surface area contributed by atoms with Gasteiger partial charge in [-0.05, 0) is 30.2 Å². The smallest absolute Gasteiger partial charge is 0.229 e. The molecular weight excluding hydrogens is 418 g/mol. The van der Waals surface area contributed by atoms with Crippen LogP contribution in [-0.2, 0) is 11.2 Å². The molecule has 1 aromatic heterocycles. The monoisotopic (exact) mass is 445 g/mol. The molecule has 3 heterocycles. The topological polar surface area (TPSA) is 79.8 Å². The quantitative estimate of drug-likeness (QED) is 0.647. The van der Waals surface area contributed by atoms with E-state index in [1.165, 1.54) is 11.3 Å². The molecule has 1 N–H and O–H groups in total. The van der Waals surface area contributed by atoms with Crippen molar-refractivity contribution in [3.8, 4) is 11.5 Å². The number of anilines is 3. The Balaban J connectivity index is 1.43. The number of para-hydroxylation sites is 1. The summed E-state index contributed by atoms with van der Waals surface area (Å²) >= 11 is 0. The van der Waals surface area contributed by atoms with Crippen molar-refractivity contribution in [2.75, 3.05) is 49.0 Å². The predicted octanol–water partition coefficient (Wildman–Crippen LogP) is 3.00. The van der Waals surface area contributed by atoms with Gasteiger partial charge < -0.3 is 24.6 Å². The van der Waals surface area contributed by atoms with E-state index in [0.29, 0.717) is 30.2 Å². The van der Waals surface area contributed by atoms with Gasteiger partial charge in [0.1, 0.15) is 5.82 Å². The maximum absolute atomic E-state index is 13.6. The Morgan fingerprint density at radius 3 is 2.70 bits per heavy atom. The molecule has 2 aliphatic rings. The number of amides is 1. The van der Waals surface area contributed by atoms with Crippen molar-refractivity contribution in [1.82, 2.24) is 9.97 Å². The highest BCUT2D eigenvalue weighted by Gasteiger charge is 2.41. The summed E-state index contributed by atoms with van der Waals surface area (Å²) in [6.45, 7) is 2.35. The molecule has 3 aromatic rings. The molecular formula is C25H27N5O3. The molecule has 1 amide bonds. The number of carbonyl (C=O) groups is 1. The van der Waals surface area contributed by atoms with Gasteiger partial charge in [0.15, 0.2) is 11.5 Å².